The highest BCUT2D eigenvalue weighted by Crippen LogP contribution is 2.67. The molecule has 150 valence electrons. The van der Waals surface area contributed by atoms with Crippen molar-refractivity contribution in [2.75, 3.05) is 7.11 Å². The summed E-state index contributed by atoms with van der Waals surface area (Å²) in [5.41, 5.74) is -1.48. The number of fused-ring (bicyclic) bond motifs is 2. The highest BCUT2D eigenvalue weighted by Gasteiger charge is 2.72. The summed E-state index contributed by atoms with van der Waals surface area (Å²) in [5.74, 6) is -1.18. The van der Waals surface area contributed by atoms with E-state index in [-0.39, 0.29) is 41.3 Å². The van der Waals surface area contributed by atoms with Crippen LogP contribution in [0.2, 0.25) is 0 Å². The highest BCUT2D eigenvalue weighted by atomic mass is 16.6. The minimum absolute atomic E-state index is 0.0370. The van der Waals surface area contributed by atoms with Gasteiger partial charge in [-0.1, -0.05) is 27.7 Å². The molecule has 0 amide bonds. The molecule has 0 aromatic heterocycles. The molecule has 27 heavy (non-hydrogen) atoms. The van der Waals surface area contributed by atoms with Crippen molar-refractivity contribution in [3.05, 3.63) is 11.8 Å². The Bertz CT molecular complexity index is 715. The van der Waals surface area contributed by atoms with Gasteiger partial charge in [0.1, 0.15) is 6.10 Å². The van der Waals surface area contributed by atoms with Gasteiger partial charge < -0.3 is 19.7 Å². The number of allylic oxidation sites excluding steroid dienone is 2. The van der Waals surface area contributed by atoms with Gasteiger partial charge in [0.05, 0.1) is 13.2 Å². The van der Waals surface area contributed by atoms with Crippen LogP contribution in [0, 0.1) is 40.4 Å². The minimum Gasteiger partial charge on any atom is -0.493 e. The van der Waals surface area contributed by atoms with Crippen LogP contribution in [-0.4, -0.2) is 47.4 Å². The third kappa shape index (κ3) is 2.18. The zero-order chi connectivity index (χ0) is 19.9. The Kier molecular flexibility index (Phi) is 4.16. The summed E-state index contributed by atoms with van der Waals surface area (Å²) in [6.45, 7) is 7.79. The molecule has 0 spiro atoms. The Balaban J connectivity index is 1.93. The van der Waals surface area contributed by atoms with Crippen LogP contribution in [0.5, 0.6) is 0 Å². The van der Waals surface area contributed by atoms with E-state index >= 15 is 0 Å². The van der Waals surface area contributed by atoms with Crippen LogP contribution in [0.3, 0.4) is 0 Å². The van der Waals surface area contributed by atoms with Gasteiger partial charge in [-0.2, -0.15) is 0 Å². The van der Waals surface area contributed by atoms with Gasteiger partial charge in [0.15, 0.2) is 17.8 Å². The number of methoxy groups -OCH3 is 1. The first-order chi connectivity index (χ1) is 12.6. The fourth-order valence-corrected chi connectivity index (χ4v) is 7.16. The second-order valence-corrected chi connectivity index (χ2v) is 9.45. The lowest BCUT2D eigenvalue weighted by Gasteiger charge is -2.67. The van der Waals surface area contributed by atoms with Crippen molar-refractivity contribution in [3.8, 4) is 0 Å². The normalized spacial score (nSPS) is 54.7. The Morgan fingerprint density at radius 2 is 1.81 bits per heavy atom. The standard InChI is InChI=1S/C21H30O6/c1-9-6-13(26-5)19(25)21(4)11(9)7-14-20(3)12(8-15(22)27-14)10(2)16(23)17(24)18(20)21/h6,9-12,14-15,17-18,22,24H,7-8H2,1-5H3/t9-,10-,11+,12+,14-,15+,17?,18+,20-,21+/m1/s1. The summed E-state index contributed by atoms with van der Waals surface area (Å²) in [7, 11) is 1.49. The number of aliphatic hydroxyl groups is 2. The van der Waals surface area contributed by atoms with Crippen LogP contribution >= 0.6 is 0 Å². The second kappa shape index (κ2) is 5.88. The first kappa shape index (κ1) is 19.1. The fourth-order valence-electron chi connectivity index (χ4n) is 7.16. The Morgan fingerprint density at radius 1 is 1.15 bits per heavy atom. The van der Waals surface area contributed by atoms with Gasteiger partial charge in [-0.05, 0) is 30.3 Å². The van der Waals surface area contributed by atoms with Gasteiger partial charge in [0, 0.05) is 29.1 Å². The molecule has 1 aliphatic heterocycles. The van der Waals surface area contributed by atoms with Crippen molar-refractivity contribution in [1.82, 2.24) is 0 Å². The number of ketones is 2. The number of carbonyl (C=O) groups is 2. The highest BCUT2D eigenvalue weighted by molar-refractivity contribution is 6.00. The number of hydrogen-bond acceptors (Lipinski definition) is 6. The molecule has 2 saturated carbocycles. The Hall–Kier alpha value is -1.24. The van der Waals surface area contributed by atoms with Crippen LogP contribution in [0.15, 0.2) is 11.8 Å². The predicted octanol–water partition coefficient (Wildman–Crippen LogP) is 1.69. The molecule has 1 unspecified atom stereocenters. The molecule has 0 radical (unpaired) electrons. The largest absolute Gasteiger partial charge is 0.493 e. The summed E-state index contributed by atoms with van der Waals surface area (Å²) < 4.78 is 11.3. The Morgan fingerprint density at radius 3 is 2.44 bits per heavy atom. The predicted molar refractivity (Wildman–Crippen MR) is 96.2 cm³/mol. The number of carbonyl (C=O) groups excluding carboxylic acids is 2. The molecule has 3 aliphatic carbocycles. The average molecular weight is 378 g/mol. The Labute approximate surface area is 159 Å². The fraction of sp³-hybridized carbons (Fsp3) is 0.810. The molecular formula is C21H30O6. The summed E-state index contributed by atoms with van der Waals surface area (Å²) in [6, 6.07) is 0. The van der Waals surface area contributed by atoms with E-state index in [4.69, 9.17) is 9.47 Å². The number of hydrogen-bond donors (Lipinski definition) is 2. The van der Waals surface area contributed by atoms with Crippen LogP contribution in [-0.2, 0) is 19.1 Å². The van der Waals surface area contributed by atoms with Crippen LogP contribution < -0.4 is 0 Å². The molecule has 1 heterocycles. The van der Waals surface area contributed by atoms with Crippen molar-refractivity contribution >= 4 is 11.6 Å². The van der Waals surface area contributed by atoms with E-state index in [1.165, 1.54) is 7.11 Å². The zero-order valence-electron chi connectivity index (χ0n) is 16.6. The number of aliphatic hydroxyl groups excluding tert-OH is 2. The molecule has 6 heteroatoms. The van der Waals surface area contributed by atoms with Gasteiger partial charge >= 0.3 is 0 Å². The minimum atomic E-state index is -1.22. The maximum absolute atomic E-state index is 13.5. The summed E-state index contributed by atoms with van der Waals surface area (Å²) in [4.78, 5) is 26.4. The molecule has 4 aliphatic rings. The maximum atomic E-state index is 13.5. The first-order valence-electron chi connectivity index (χ1n) is 9.94. The van der Waals surface area contributed by atoms with E-state index in [1.54, 1.807) is 0 Å². The zero-order valence-corrected chi connectivity index (χ0v) is 16.6. The van der Waals surface area contributed by atoms with E-state index in [0.29, 0.717) is 18.6 Å². The lowest BCUT2D eigenvalue weighted by atomic mass is 9.38. The molecule has 3 fully saturated rings. The summed E-state index contributed by atoms with van der Waals surface area (Å²) in [5, 5.41) is 21.4. The molecule has 0 aromatic rings. The van der Waals surface area contributed by atoms with E-state index in [2.05, 4.69) is 0 Å². The smallest absolute Gasteiger partial charge is 0.203 e. The average Bonchev–Trinajstić information content (AvgIpc) is 2.61. The van der Waals surface area contributed by atoms with Gasteiger partial charge in [0.2, 0.25) is 5.78 Å². The number of rotatable bonds is 1. The van der Waals surface area contributed by atoms with Crippen molar-refractivity contribution in [2.45, 2.75) is 59.0 Å². The van der Waals surface area contributed by atoms with Gasteiger partial charge in [-0.15, -0.1) is 0 Å². The quantitative estimate of drug-likeness (QED) is 0.721. The van der Waals surface area contributed by atoms with E-state index < -0.39 is 29.1 Å². The van der Waals surface area contributed by atoms with Crippen molar-refractivity contribution < 1.29 is 29.3 Å². The lowest BCUT2D eigenvalue weighted by Crippen LogP contribution is -2.73. The monoisotopic (exact) mass is 378 g/mol. The van der Waals surface area contributed by atoms with Gasteiger partial charge in [0.25, 0.3) is 0 Å². The van der Waals surface area contributed by atoms with E-state index in [0.717, 1.165) is 0 Å². The van der Waals surface area contributed by atoms with E-state index in [1.807, 2.05) is 33.8 Å². The van der Waals surface area contributed by atoms with Crippen molar-refractivity contribution in [3.63, 3.8) is 0 Å². The third-order valence-corrected chi connectivity index (χ3v) is 8.47. The molecule has 1 saturated heterocycles. The SMILES string of the molecule is COC1=C[C@@H](C)[C@@H]2C[C@H]3O[C@H](O)C[C@H]4[C@@H](C)C(=O)C(O)[C@H]([C@@]2(C)C1=O)[C@@]34C. The third-order valence-electron chi connectivity index (χ3n) is 8.47. The number of ether oxygens (including phenoxy) is 2. The lowest BCUT2D eigenvalue weighted by molar-refractivity contribution is -0.302. The van der Waals surface area contributed by atoms with E-state index in [9.17, 15) is 19.8 Å². The van der Waals surface area contributed by atoms with Crippen LogP contribution in [0.25, 0.3) is 0 Å². The van der Waals surface area contributed by atoms with Crippen LogP contribution in [0.4, 0.5) is 0 Å². The molecule has 0 bridgehead atoms. The molecule has 2 N–H and O–H groups in total. The first-order valence-corrected chi connectivity index (χ1v) is 9.94. The van der Waals surface area contributed by atoms with Gasteiger partial charge in [-0.25, -0.2) is 0 Å². The molecule has 6 nitrogen and oxygen atoms in total. The van der Waals surface area contributed by atoms with Crippen LogP contribution in [0.1, 0.15) is 40.5 Å². The molecule has 10 atom stereocenters. The van der Waals surface area contributed by atoms with Crippen molar-refractivity contribution in [2.24, 2.45) is 40.4 Å². The maximum Gasteiger partial charge on any atom is 0.203 e. The summed E-state index contributed by atoms with van der Waals surface area (Å²) in [6.07, 6.45) is 0.373. The van der Waals surface area contributed by atoms with Gasteiger partial charge in [-0.3, -0.25) is 9.59 Å². The summed E-state index contributed by atoms with van der Waals surface area (Å²) >= 11 is 0. The number of Topliss-reactive ketones (excluding diaryl/α,β-unsaturated/α-hetero) is 2. The van der Waals surface area contributed by atoms with Crippen molar-refractivity contribution in [1.29, 1.82) is 0 Å². The molecular weight excluding hydrogens is 348 g/mol. The molecule has 4 rings (SSSR count). The second-order valence-electron chi connectivity index (χ2n) is 9.45. The molecule has 0 aromatic carbocycles. The topological polar surface area (TPSA) is 93.1 Å².